The van der Waals surface area contributed by atoms with Gasteiger partial charge in [0.05, 0.1) is 5.52 Å². The van der Waals surface area contributed by atoms with E-state index in [-0.39, 0.29) is 0 Å². The summed E-state index contributed by atoms with van der Waals surface area (Å²) < 4.78 is 11.2. The van der Waals surface area contributed by atoms with Crippen LogP contribution in [0.2, 0.25) is 0 Å². The van der Waals surface area contributed by atoms with E-state index < -0.39 is 0 Å². The monoisotopic (exact) mass is 297 g/mol. The van der Waals surface area contributed by atoms with Crippen LogP contribution in [0, 0.1) is 0 Å². The molecule has 5 heteroatoms. The normalized spacial score (nSPS) is 11.0. The number of nitrogens with two attached hydrogens (primary N) is 2. The Morgan fingerprint density at radius 2 is 1.68 bits per heavy atom. The Morgan fingerprint density at radius 3 is 2.50 bits per heavy atom. The lowest BCUT2D eigenvalue weighted by Gasteiger charge is -2.10. The van der Waals surface area contributed by atoms with Gasteiger partial charge in [-0.15, -0.1) is 0 Å². The third-order valence-corrected chi connectivity index (χ3v) is 3.33. The van der Waals surface area contributed by atoms with E-state index >= 15 is 0 Å². The van der Waals surface area contributed by atoms with Gasteiger partial charge < -0.3 is 20.9 Å². The highest BCUT2D eigenvalue weighted by molar-refractivity contribution is 5.95. The molecule has 114 valence electrons. The van der Waals surface area contributed by atoms with E-state index in [4.69, 9.17) is 25.9 Å². The molecule has 3 aromatic rings. The highest BCUT2D eigenvalue weighted by atomic mass is 16.5. The second kappa shape index (κ2) is 6.60. The van der Waals surface area contributed by atoms with Crippen LogP contribution in [0.25, 0.3) is 21.8 Å². The van der Waals surface area contributed by atoms with Crippen molar-refractivity contribution in [1.29, 1.82) is 0 Å². The van der Waals surface area contributed by atoms with Crippen LogP contribution in [-0.4, -0.2) is 31.3 Å². The number of benzene rings is 2. The molecule has 0 aliphatic carbocycles. The Morgan fingerprint density at radius 1 is 0.864 bits per heavy atom. The Hall–Kier alpha value is -2.37. The van der Waals surface area contributed by atoms with E-state index in [0.29, 0.717) is 26.3 Å². The molecule has 4 N–H and O–H groups in total. The first-order valence-electron chi connectivity index (χ1n) is 7.31. The van der Waals surface area contributed by atoms with E-state index in [1.54, 1.807) is 0 Å². The van der Waals surface area contributed by atoms with Gasteiger partial charge in [0.25, 0.3) is 0 Å². The van der Waals surface area contributed by atoms with E-state index in [0.717, 1.165) is 33.3 Å². The number of hydrogen-bond acceptors (Lipinski definition) is 5. The van der Waals surface area contributed by atoms with Gasteiger partial charge in [-0.05, 0) is 30.3 Å². The van der Waals surface area contributed by atoms with Gasteiger partial charge in [-0.2, -0.15) is 0 Å². The first kappa shape index (κ1) is 14.6. The van der Waals surface area contributed by atoms with E-state index in [1.807, 2.05) is 36.4 Å². The van der Waals surface area contributed by atoms with Crippen LogP contribution in [-0.2, 0) is 0 Å². The highest BCUT2D eigenvalue weighted by Gasteiger charge is 2.06. The summed E-state index contributed by atoms with van der Waals surface area (Å²) in [5.74, 6) is 1.56. The molecule has 0 spiro atoms. The van der Waals surface area contributed by atoms with Crippen LogP contribution in [0.15, 0.2) is 42.5 Å². The van der Waals surface area contributed by atoms with Crippen LogP contribution < -0.4 is 20.9 Å². The molecule has 1 heterocycles. The Balaban J connectivity index is 2.05. The Kier molecular flexibility index (Phi) is 4.37. The number of para-hydroxylation sites is 1. The molecule has 0 saturated heterocycles. The lowest BCUT2D eigenvalue weighted by atomic mass is 10.1. The van der Waals surface area contributed by atoms with Gasteiger partial charge >= 0.3 is 0 Å². The summed E-state index contributed by atoms with van der Waals surface area (Å²) in [4.78, 5) is 4.71. The zero-order valence-corrected chi connectivity index (χ0v) is 12.3. The summed E-state index contributed by atoms with van der Waals surface area (Å²) in [6.45, 7) is 1.95. The summed E-state index contributed by atoms with van der Waals surface area (Å²) >= 11 is 0. The molecule has 0 amide bonds. The molecular formula is C17H19N3O2. The molecule has 22 heavy (non-hydrogen) atoms. The SMILES string of the molecule is NCCOc1ccc2nc3c(OCCN)cccc3cc2c1. The van der Waals surface area contributed by atoms with Gasteiger partial charge in [0.2, 0.25) is 0 Å². The smallest absolute Gasteiger partial charge is 0.145 e. The minimum absolute atomic E-state index is 0.477. The van der Waals surface area contributed by atoms with Crippen molar-refractivity contribution < 1.29 is 9.47 Å². The maximum atomic E-state index is 5.67. The van der Waals surface area contributed by atoms with Crippen molar-refractivity contribution in [1.82, 2.24) is 4.98 Å². The third kappa shape index (κ3) is 2.95. The molecule has 0 atom stereocenters. The van der Waals surface area contributed by atoms with Crippen molar-refractivity contribution in [2.45, 2.75) is 0 Å². The predicted molar refractivity (Wildman–Crippen MR) is 88.3 cm³/mol. The quantitative estimate of drug-likeness (QED) is 0.680. The zero-order chi connectivity index (χ0) is 15.4. The van der Waals surface area contributed by atoms with Crippen LogP contribution in [0.3, 0.4) is 0 Å². The van der Waals surface area contributed by atoms with Crippen molar-refractivity contribution in [3.8, 4) is 11.5 Å². The first-order valence-corrected chi connectivity index (χ1v) is 7.31. The van der Waals surface area contributed by atoms with Gasteiger partial charge in [0, 0.05) is 23.9 Å². The van der Waals surface area contributed by atoms with Crippen LogP contribution in [0.4, 0.5) is 0 Å². The summed E-state index contributed by atoms with van der Waals surface area (Å²) in [7, 11) is 0. The molecule has 0 radical (unpaired) electrons. The highest BCUT2D eigenvalue weighted by Crippen LogP contribution is 2.28. The molecule has 5 nitrogen and oxygen atoms in total. The lowest BCUT2D eigenvalue weighted by molar-refractivity contribution is 0.329. The number of rotatable bonds is 6. The number of aromatic nitrogens is 1. The van der Waals surface area contributed by atoms with Crippen molar-refractivity contribution >= 4 is 21.8 Å². The largest absolute Gasteiger partial charge is 0.492 e. The van der Waals surface area contributed by atoms with Crippen LogP contribution >= 0.6 is 0 Å². The lowest BCUT2D eigenvalue weighted by Crippen LogP contribution is -2.11. The fourth-order valence-corrected chi connectivity index (χ4v) is 2.37. The summed E-state index contributed by atoms with van der Waals surface area (Å²) in [5.41, 5.74) is 12.7. The predicted octanol–water partition coefficient (Wildman–Crippen LogP) is 2.06. The maximum absolute atomic E-state index is 5.67. The van der Waals surface area contributed by atoms with E-state index in [1.165, 1.54) is 0 Å². The number of fused-ring (bicyclic) bond motifs is 2. The molecule has 0 fully saturated rings. The standard InChI is InChI=1S/C17H19N3O2/c18-6-8-21-14-4-5-15-13(11-14)10-12-2-1-3-16(17(12)20-15)22-9-7-19/h1-5,10-11H,6-9,18-19H2. The molecule has 1 aromatic heterocycles. The molecule has 3 rings (SSSR count). The fourth-order valence-electron chi connectivity index (χ4n) is 2.37. The van der Waals surface area contributed by atoms with Crippen LogP contribution in [0.5, 0.6) is 11.5 Å². The molecule has 0 aliphatic rings. The van der Waals surface area contributed by atoms with Gasteiger partial charge in [-0.25, -0.2) is 4.98 Å². The number of ether oxygens (including phenoxy) is 2. The summed E-state index contributed by atoms with van der Waals surface area (Å²) in [6, 6.07) is 13.8. The maximum Gasteiger partial charge on any atom is 0.145 e. The van der Waals surface area contributed by atoms with Crippen LogP contribution in [0.1, 0.15) is 0 Å². The molecule has 2 aromatic carbocycles. The minimum Gasteiger partial charge on any atom is -0.492 e. The van der Waals surface area contributed by atoms with Crippen molar-refractivity contribution in [2.24, 2.45) is 11.5 Å². The summed E-state index contributed by atoms with van der Waals surface area (Å²) in [6.07, 6.45) is 0. The van der Waals surface area contributed by atoms with E-state index in [2.05, 4.69) is 6.07 Å². The fraction of sp³-hybridized carbons (Fsp3) is 0.235. The number of hydrogen-bond donors (Lipinski definition) is 2. The second-order valence-electron chi connectivity index (χ2n) is 4.95. The number of nitrogens with zero attached hydrogens (tertiary/aromatic N) is 1. The number of pyridine rings is 1. The molecule has 0 bridgehead atoms. The van der Waals surface area contributed by atoms with Crippen molar-refractivity contribution in [2.75, 3.05) is 26.3 Å². The third-order valence-electron chi connectivity index (χ3n) is 3.33. The van der Waals surface area contributed by atoms with Crippen molar-refractivity contribution in [3.63, 3.8) is 0 Å². The first-order chi connectivity index (χ1) is 10.8. The summed E-state index contributed by atoms with van der Waals surface area (Å²) in [5, 5.41) is 2.05. The van der Waals surface area contributed by atoms with Gasteiger partial charge in [-0.1, -0.05) is 12.1 Å². The molecular weight excluding hydrogens is 278 g/mol. The molecule has 0 saturated carbocycles. The average Bonchev–Trinajstić information content (AvgIpc) is 2.56. The van der Waals surface area contributed by atoms with Gasteiger partial charge in [0.15, 0.2) is 0 Å². The minimum atomic E-state index is 0.477. The Labute approximate surface area is 128 Å². The van der Waals surface area contributed by atoms with E-state index in [9.17, 15) is 0 Å². The van der Waals surface area contributed by atoms with Gasteiger partial charge in [-0.3, -0.25) is 0 Å². The molecule has 0 unspecified atom stereocenters. The second-order valence-corrected chi connectivity index (χ2v) is 4.95. The zero-order valence-electron chi connectivity index (χ0n) is 12.3. The van der Waals surface area contributed by atoms with Crippen molar-refractivity contribution in [3.05, 3.63) is 42.5 Å². The molecule has 0 aliphatic heterocycles. The average molecular weight is 297 g/mol. The van der Waals surface area contributed by atoms with Gasteiger partial charge in [0.1, 0.15) is 30.2 Å². The topological polar surface area (TPSA) is 83.4 Å². The Bertz CT molecular complexity index is 789.